The van der Waals surface area contributed by atoms with Gasteiger partial charge in [0.25, 0.3) is 0 Å². The first-order chi connectivity index (χ1) is 14.9. The smallest absolute Gasteiger partial charge is 0.246 e. The maximum absolute atomic E-state index is 13.5. The van der Waals surface area contributed by atoms with Crippen LogP contribution in [-0.4, -0.2) is 23.8 Å². The Kier molecular flexibility index (Phi) is 5.92. The van der Waals surface area contributed by atoms with Crippen molar-refractivity contribution < 1.29 is 9.53 Å². The molecule has 4 heteroatoms. The molecule has 3 aromatic rings. The Bertz CT molecular complexity index is 1090. The quantitative estimate of drug-likeness (QED) is 0.426. The summed E-state index contributed by atoms with van der Waals surface area (Å²) in [7, 11) is 1.65. The van der Waals surface area contributed by atoms with E-state index in [0.29, 0.717) is 0 Å². The van der Waals surface area contributed by atoms with E-state index in [9.17, 15) is 4.79 Å². The summed E-state index contributed by atoms with van der Waals surface area (Å²) >= 11 is 1.65. The Morgan fingerprint density at radius 3 is 2.26 bits per heavy atom. The number of thioether (sulfide) groups is 1. The third-order valence-electron chi connectivity index (χ3n) is 5.75. The van der Waals surface area contributed by atoms with E-state index in [4.69, 9.17) is 4.74 Å². The molecule has 0 radical (unpaired) electrons. The van der Waals surface area contributed by atoms with Crippen molar-refractivity contribution in [3.05, 3.63) is 95.6 Å². The van der Waals surface area contributed by atoms with Crippen LogP contribution in [0.5, 0.6) is 5.75 Å². The van der Waals surface area contributed by atoms with E-state index in [1.807, 2.05) is 47.4 Å². The van der Waals surface area contributed by atoms with E-state index < -0.39 is 4.75 Å². The minimum atomic E-state index is -0.579. The van der Waals surface area contributed by atoms with Crippen LogP contribution in [0.25, 0.3) is 6.08 Å². The number of benzene rings is 3. The van der Waals surface area contributed by atoms with Gasteiger partial charge in [-0.05, 0) is 68.3 Å². The minimum Gasteiger partial charge on any atom is -0.497 e. The average Bonchev–Trinajstić information content (AvgIpc) is 2.79. The molecule has 0 saturated carbocycles. The zero-order chi connectivity index (χ0) is 22.0. The molecule has 0 unspecified atom stereocenters. The van der Waals surface area contributed by atoms with Crippen LogP contribution in [0.1, 0.15) is 25.0 Å². The molecule has 1 heterocycles. The highest BCUT2D eigenvalue weighted by Crippen LogP contribution is 2.50. The van der Waals surface area contributed by atoms with Gasteiger partial charge in [0.15, 0.2) is 0 Å². The summed E-state index contributed by atoms with van der Waals surface area (Å²) in [5.74, 6) is 0.899. The zero-order valence-electron chi connectivity index (χ0n) is 18.3. The first-order valence-electron chi connectivity index (χ1n) is 10.4. The van der Waals surface area contributed by atoms with Gasteiger partial charge >= 0.3 is 0 Å². The molecule has 3 nitrogen and oxygen atoms in total. The van der Waals surface area contributed by atoms with Crippen LogP contribution in [0.2, 0.25) is 0 Å². The Balaban J connectivity index is 1.72. The molecule has 0 aromatic heterocycles. The lowest BCUT2D eigenvalue weighted by Gasteiger charge is -2.54. The highest BCUT2D eigenvalue weighted by molar-refractivity contribution is 8.01. The van der Waals surface area contributed by atoms with Gasteiger partial charge in [0, 0.05) is 10.6 Å². The van der Waals surface area contributed by atoms with Crippen molar-refractivity contribution >= 4 is 29.4 Å². The maximum Gasteiger partial charge on any atom is 0.246 e. The third kappa shape index (κ3) is 4.13. The van der Waals surface area contributed by atoms with E-state index in [0.717, 1.165) is 27.5 Å². The number of hydrogen-bond donors (Lipinski definition) is 0. The highest BCUT2D eigenvalue weighted by Gasteiger charge is 2.59. The normalized spacial score (nSPS) is 21.0. The number of rotatable bonds is 6. The van der Waals surface area contributed by atoms with Gasteiger partial charge in [-0.1, -0.05) is 54.1 Å². The van der Waals surface area contributed by atoms with Gasteiger partial charge in [-0.25, -0.2) is 0 Å². The molecule has 3 aromatic carbocycles. The Hall–Kier alpha value is -2.98. The summed E-state index contributed by atoms with van der Waals surface area (Å²) in [6, 6.07) is 26.3. The SMILES string of the molecule is COc1ccc(N2C(=O)[C@@](C)(Sc3ccc(C)cc3)[C@H]2/C(C)=C/c2ccccc2)cc1. The van der Waals surface area contributed by atoms with E-state index >= 15 is 0 Å². The van der Waals surface area contributed by atoms with E-state index in [1.54, 1.807) is 18.9 Å². The van der Waals surface area contributed by atoms with Crippen LogP contribution in [0, 0.1) is 6.92 Å². The lowest BCUT2D eigenvalue weighted by atomic mass is 9.81. The summed E-state index contributed by atoms with van der Waals surface area (Å²) in [5, 5.41) is 0. The van der Waals surface area contributed by atoms with Gasteiger partial charge < -0.3 is 9.64 Å². The number of methoxy groups -OCH3 is 1. The van der Waals surface area contributed by atoms with Crippen molar-refractivity contribution in [2.24, 2.45) is 0 Å². The van der Waals surface area contributed by atoms with Crippen molar-refractivity contribution in [3.63, 3.8) is 0 Å². The molecule has 158 valence electrons. The predicted octanol–water partition coefficient (Wildman–Crippen LogP) is 6.37. The molecular formula is C27H27NO2S. The second-order valence-electron chi connectivity index (χ2n) is 8.10. The number of ether oxygens (including phenoxy) is 1. The molecular weight excluding hydrogens is 402 g/mol. The summed E-state index contributed by atoms with van der Waals surface area (Å²) in [6.45, 7) is 6.26. The van der Waals surface area contributed by atoms with E-state index in [-0.39, 0.29) is 11.9 Å². The largest absolute Gasteiger partial charge is 0.497 e. The first-order valence-corrected chi connectivity index (χ1v) is 11.2. The molecule has 1 aliphatic heterocycles. The monoisotopic (exact) mass is 429 g/mol. The van der Waals surface area contributed by atoms with Crippen molar-refractivity contribution in [1.29, 1.82) is 0 Å². The third-order valence-corrected chi connectivity index (χ3v) is 7.08. The summed E-state index contributed by atoms with van der Waals surface area (Å²) in [4.78, 5) is 16.5. The summed E-state index contributed by atoms with van der Waals surface area (Å²) < 4.78 is 4.71. The van der Waals surface area contributed by atoms with Crippen molar-refractivity contribution in [3.8, 4) is 5.75 Å². The number of nitrogens with zero attached hydrogens (tertiary/aromatic N) is 1. The van der Waals surface area contributed by atoms with Gasteiger partial charge in [-0.15, -0.1) is 11.8 Å². The predicted molar refractivity (Wildman–Crippen MR) is 130 cm³/mol. The summed E-state index contributed by atoms with van der Waals surface area (Å²) in [6.07, 6.45) is 2.18. The van der Waals surface area contributed by atoms with Gasteiger partial charge in [-0.3, -0.25) is 4.79 Å². The number of amides is 1. The number of aryl methyl sites for hydroxylation is 1. The Morgan fingerprint density at radius 1 is 1.00 bits per heavy atom. The zero-order valence-corrected chi connectivity index (χ0v) is 19.1. The van der Waals surface area contributed by atoms with Crippen LogP contribution in [0.4, 0.5) is 5.69 Å². The molecule has 0 N–H and O–H groups in total. The fourth-order valence-electron chi connectivity index (χ4n) is 4.14. The fourth-order valence-corrected chi connectivity index (χ4v) is 5.49. The summed E-state index contributed by atoms with van der Waals surface area (Å²) in [5.41, 5.74) is 4.39. The van der Waals surface area contributed by atoms with E-state index in [1.165, 1.54) is 5.56 Å². The molecule has 1 aliphatic rings. The van der Waals surface area contributed by atoms with Crippen LogP contribution < -0.4 is 9.64 Å². The van der Waals surface area contributed by atoms with Crippen molar-refractivity contribution in [2.45, 2.75) is 36.5 Å². The second-order valence-corrected chi connectivity index (χ2v) is 9.62. The number of carbonyl (C=O) groups excluding carboxylic acids is 1. The molecule has 0 spiro atoms. The molecule has 0 bridgehead atoms. The molecule has 1 amide bonds. The minimum absolute atomic E-state index is 0.0556. The van der Waals surface area contributed by atoms with Gasteiger partial charge in [0.1, 0.15) is 10.5 Å². The number of anilines is 1. The van der Waals surface area contributed by atoms with Crippen LogP contribution in [0.3, 0.4) is 0 Å². The lowest BCUT2D eigenvalue weighted by molar-refractivity contribution is -0.126. The molecule has 1 fully saturated rings. The topological polar surface area (TPSA) is 29.5 Å². The van der Waals surface area contributed by atoms with Crippen LogP contribution in [-0.2, 0) is 4.79 Å². The molecule has 2 atom stereocenters. The standard InChI is InChI=1S/C27H27NO2S/c1-19-10-16-24(17-11-19)31-27(3)25(20(2)18-21-8-6-5-7-9-21)28(26(27)29)22-12-14-23(30-4)15-13-22/h5-18,25H,1-4H3/b20-18+/t25-,27+/m1/s1. The first kappa shape index (κ1) is 21.3. The van der Waals surface area contributed by atoms with E-state index in [2.05, 4.69) is 63.2 Å². The molecule has 31 heavy (non-hydrogen) atoms. The molecule has 1 saturated heterocycles. The van der Waals surface area contributed by atoms with Gasteiger partial charge in [0.2, 0.25) is 5.91 Å². The second kappa shape index (κ2) is 8.64. The van der Waals surface area contributed by atoms with Gasteiger partial charge in [-0.2, -0.15) is 0 Å². The van der Waals surface area contributed by atoms with Crippen molar-refractivity contribution in [2.75, 3.05) is 12.0 Å². The number of hydrogen-bond acceptors (Lipinski definition) is 3. The average molecular weight is 430 g/mol. The molecule has 0 aliphatic carbocycles. The molecule has 4 rings (SSSR count). The van der Waals surface area contributed by atoms with Crippen LogP contribution >= 0.6 is 11.8 Å². The lowest BCUT2D eigenvalue weighted by Crippen LogP contribution is -2.71. The number of carbonyl (C=O) groups is 1. The number of β-lactam (4-membered cyclic amide) rings is 1. The van der Waals surface area contributed by atoms with Gasteiger partial charge in [0.05, 0.1) is 13.2 Å². The Labute approximate surface area is 188 Å². The maximum atomic E-state index is 13.5. The highest BCUT2D eigenvalue weighted by atomic mass is 32.2. The fraction of sp³-hybridized carbons (Fsp3) is 0.222. The van der Waals surface area contributed by atoms with Crippen molar-refractivity contribution in [1.82, 2.24) is 0 Å². The van der Waals surface area contributed by atoms with Crippen LogP contribution in [0.15, 0.2) is 89.3 Å². The Morgan fingerprint density at radius 2 is 1.65 bits per heavy atom.